The molecular weight excluding hydrogens is 250 g/mol. The number of rotatable bonds is 0. The second kappa shape index (κ2) is 2.27. The lowest BCUT2D eigenvalue weighted by Crippen LogP contribution is -2.21. The molecule has 46 valence electrons. The maximum absolute atomic E-state index is 10.7. The third-order valence-corrected chi connectivity index (χ3v) is 3.11. The van der Waals surface area contributed by atoms with Gasteiger partial charge in [-0.1, -0.05) is 34.4 Å². The number of alkyl halides is 1. The summed E-state index contributed by atoms with van der Waals surface area (Å²) in [6.07, 6.45) is -0.00981. The highest BCUT2D eigenvalue weighted by Gasteiger charge is 2.40. The van der Waals surface area contributed by atoms with E-state index in [-0.39, 0.29) is 17.3 Å². The van der Waals surface area contributed by atoms with E-state index in [4.69, 9.17) is 7.85 Å². The van der Waals surface area contributed by atoms with Crippen LogP contribution in [0.2, 0.25) is 0 Å². The molecule has 0 bridgehead atoms. The van der Waals surface area contributed by atoms with E-state index in [2.05, 4.69) is 0 Å². The Morgan fingerprint density at radius 2 is 2.22 bits per heavy atom. The van der Waals surface area contributed by atoms with Crippen LogP contribution in [-0.2, 0) is 9.59 Å². The molecule has 1 aliphatic heterocycles. The molecule has 5 heteroatoms. The van der Waals surface area contributed by atoms with Crippen molar-refractivity contribution < 1.29 is 9.59 Å². The summed E-state index contributed by atoms with van der Waals surface area (Å²) >= 11 is 2.68. The maximum atomic E-state index is 10.7. The molecule has 9 heavy (non-hydrogen) atoms. The van der Waals surface area contributed by atoms with Crippen molar-refractivity contribution in [3.63, 3.8) is 0 Å². The molecule has 0 amide bonds. The van der Waals surface area contributed by atoms with Crippen molar-refractivity contribution in [3.05, 3.63) is 0 Å². The van der Waals surface area contributed by atoms with Crippen molar-refractivity contribution in [2.24, 2.45) is 0 Å². The van der Waals surface area contributed by atoms with E-state index in [0.29, 0.717) is 0 Å². The van der Waals surface area contributed by atoms with E-state index in [1.165, 1.54) is 0 Å². The van der Waals surface area contributed by atoms with Gasteiger partial charge in [-0.05, 0) is 0 Å². The van der Waals surface area contributed by atoms with Gasteiger partial charge in [0.2, 0.25) is 0 Å². The molecule has 1 fully saturated rings. The molecule has 0 N–H and O–H groups in total. The summed E-state index contributed by atoms with van der Waals surface area (Å²) in [6.45, 7) is 0. The Kier molecular flexibility index (Phi) is 1.91. The van der Waals surface area contributed by atoms with Crippen molar-refractivity contribution in [3.8, 4) is 0 Å². The minimum absolute atomic E-state index is 0.00981. The van der Waals surface area contributed by atoms with Gasteiger partial charge >= 0.3 is 0 Å². The second-order valence-electron chi connectivity index (χ2n) is 1.72. The number of hydrogen-bond donors (Lipinski definition) is 0. The highest BCUT2D eigenvalue weighted by Crippen LogP contribution is 2.38. The minimum Gasteiger partial charge on any atom is -0.298 e. The van der Waals surface area contributed by atoms with Gasteiger partial charge in [-0.25, -0.2) is 0 Å². The van der Waals surface area contributed by atoms with Crippen LogP contribution >= 0.6 is 34.4 Å². The summed E-state index contributed by atoms with van der Waals surface area (Å²) in [6, 6.07) is 0. The van der Waals surface area contributed by atoms with Gasteiger partial charge in [-0.3, -0.25) is 9.59 Å². The minimum atomic E-state index is -0.977. The molecule has 1 aliphatic rings. The zero-order valence-corrected chi connectivity index (χ0v) is 7.36. The molecule has 1 heterocycles. The zero-order valence-electron chi connectivity index (χ0n) is 4.39. The lowest BCUT2D eigenvalue weighted by molar-refractivity contribution is -0.120. The first kappa shape index (κ1) is 7.59. The number of carbonyl (C=O) groups is 2. The van der Waals surface area contributed by atoms with E-state index >= 15 is 0 Å². The van der Waals surface area contributed by atoms with Gasteiger partial charge in [0.15, 0.2) is 10.9 Å². The normalized spacial score (nSPS) is 35.7. The van der Waals surface area contributed by atoms with E-state index in [0.717, 1.165) is 11.8 Å². The van der Waals surface area contributed by atoms with E-state index < -0.39 is 2.65 Å². The first-order valence-electron chi connectivity index (χ1n) is 2.25. The van der Waals surface area contributed by atoms with Gasteiger partial charge in [0, 0.05) is 0 Å². The molecule has 0 aromatic carbocycles. The summed E-state index contributed by atoms with van der Waals surface area (Å²) < 4.78 is -0.977. The van der Waals surface area contributed by atoms with Crippen molar-refractivity contribution >= 4 is 53.1 Å². The molecule has 2 radical (unpaired) electrons. The number of carbonyl (C=O) groups excluding carboxylic acids is 2. The average molecular weight is 252 g/mol. The number of Topliss-reactive ketones (excluding diaryl/α,β-unsaturated/α-hetero) is 1. The number of thioether (sulfide) groups is 1. The summed E-state index contributed by atoms with van der Waals surface area (Å²) in [5.74, 6) is -0.182. The van der Waals surface area contributed by atoms with Crippen molar-refractivity contribution in [2.45, 2.75) is 9.07 Å². The van der Waals surface area contributed by atoms with Crippen LogP contribution in [0.1, 0.15) is 6.42 Å². The van der Waals surface area contributed by atoms with Crippen LogP contribution in [0.3, 0.4) is 0 Å². The van der Waals surface area contributed by atoms with Gasteiger partial charge in [-0.2, -0.15) is 0 Å². The molecule has 1 rings (SSSR count). The Morgan fingerprint density at radius 1 is 1.67 bits per heavy atom. The summed E-state index contributed by atoms with van der Waals surface area (Å²) in [7, 11) is 5.39. The molecular formula is C4H2BIO2S. The van der Waals surface area contributed by atoms with Crippen LogP contribution in [0.25, 0.3) is 0 Å². The fourth-order valence-electron chi connectivity index (χ4n) is 0.510. The standard InChI is InChI=1S/C4H2BIO2S/c5-4(6)2(7)1-3(8)9-4/h1H2. The Morgan fingerprint density at radius 3 is 2.33 bits per heavy atom. The van der Waals surface area contributed by atoms with E-state index in [9.17, 15) is 9.59 Å². The fourth-order valence-corrected chi connectivity index (χ4v) is 2.16. The molecule has 1 atom stereocenters. The van der Waals surface area contributed by atoms with Crippen LogP contribution in [-0.4, -0.2) is 21.4 Å². The largest absolute Gasteiger partial charge is 0.298 e. The van der Waals surface area contributed by atoms with Gasteiger partial charge in [0.25, 0.3) is 0 Å². The fraction of sp³-hybridized carbons (Fsp3) is 0.500. The third kappa shape index (κ3) is 1.49. The van der Waals surface area contributed by atoms with Gasteiger partial charge in [0.05, 0.1) is 9.07 Å². The first-order valence-corrected chi connectivity index (χ1v) is 4.15. The van der Waals surface area contributed by atoms with Gasteiger partial charge < -0.3 is 0 Å². The molecule has 1 saturated heterocycles. The second-order valence-corrected chi connectivity index (χ2v) is 5.46. The lowest BCUT2D eigenvalue weighted by atomic mass is 9.99. The van der Waals surface area contributed by atoms with Gasteiger partial charge in [-0.15, -0.1) is 0 Å². The van der Waals surface area contributed by atoms with Crippen LogP contribution in [0.5, 0.6) is 0 Å². The predicted octanol–water partition coefficient (Wildman–Crippen LogP) is 0.476. The molecule has 2 nitrogen and oxygen atoms in total. The van der Waals surface area contributed by atoms with Crippen LogP contribution in [0, 0.1) is 0 Å². The Hall–Kier alpha value is 0.485. The SMILES string of the molecule is [B]C1(I)SC(=O)CC1=O. The molecule has 0 aromatic rings. The number of hydrogen-bond acceptors (Lipinski definition) is 3. The van der Waals surface area contributed by atoms with E-state index in [1.807, 2.05) is 0 Å². The number of halogens is 1. The first-order chi connectivity index (χ1) is 4.02. The smallest absolute Gasteiger partial charge is 0.197 e. The number of ketones is 1. The van der Waals surface area contributed by atoms with Crippen molar-refractivity contribution in [2.75, 3.05) is 0 Å². The molecule has 0 saturated carbocycles. The summed E-state index contributed by atoms with van der Waals surface area (Å²) in [4.78, 5) is 21.3. The summed E-state index contributed by atoms with van der Waals surface area (Å²) in [5, 5.41) is -0.128. The zero-order chi connectivity index (χ0) is 7.07. The molecule has 1 unspecified atom stereocenters. The Balaban J connectivity index is 2.81. The third-order valence-electron chi connectivity index (χ3n) is 0.947. The predicted molar refractivity (Wildman–Crippen MR) is 44.7 cm³/mol. The Labute approximate surface area is 71.7 Å². The van der Waals surface area contributed by atoms with Gasteiger partial charge in [0.1, 0.15) is 7.85 Å². The maximum Gasteiger partial charge on any atom is 0.197 e. The van der Waals surface area contributed by atoms with Crippen LogP contribution in [0.4, 0.5) is 0 Å². The molecule has 0 spiro atoms. The van der Waals surface area contributed by atoms with Crippen LogP contribution < -0.4 is 0 Å². The topological polar surface area (TPSA) is 34.1 Å². The van der Waals surface area contributed by atoms with Crippen LogP contribution in [0.15, 0.2) is 0 Å². The summed E-state index contributed by atoms with van der Waals surface area (Å²) in [5.41, 5.74) is 0. The van der Waals surface area contributed by atoms with Crippen molar-refractivity contribution in [1.29, 1.82) is 0 Å². The van der Waals surface area contributed by atoms with E-state index in [1.54, 1.807) is 22.6 Å². The average Bonchev–Trinajstić information content (AvgIpc) is 1.79. The Bertz CT molecular complexity index is 179. The lowest BCUT2D eigenvalue weighted by Gasteiger charge is -2.07. The van der Waals surface area contributed by atoms with Crippen molar-refractivity contribution in [1.82, 2.24) is 0 Å². The molecule has 0 aliphatic carbocycles. The quantitative estimate of drug-likeness (QED) is 0.272. The highest BCUT2D eigenvalue weighted by molar-refractivity contribution is 14.1. The highest BCUT2D eigenvalue weighted by atomic mass is 127. The molecule has 0 aromatic heterocycles. The monoisotopic (exact) mass is 252 g/mol.